The minimum absolute atomic E-state index is 0.0787. The average molecular weight is 133 g/mol. The molecule has 1 aliphatic heterocycles. The standard InChI is InChI=1S/C6H12FNO/c1-9-4-5-2-8-3-6(5)7/h5-6,8H,2-4H2,1H3. The third-order valence-electron chi connectivity index (χ3n) is 1.64. The molecule has 0 aliphatic carbocycles. The maximum absolute atomic E-state index is 12.6. The summed E-state index contributed by atoms with van der Waals surface area (Å²) in [5.74, 6) is 0.0787. The lowest BCUT2D eigenvalue weighted by atomic mass is 10.1. The summed E-state index contributed by atoms with van der Waals surface area (Å²) in [6, 6.07) is 0. The first-order chi connectivity index (χ1) is 4.34. The van der Waals surface area contributed by atoms with Crippen LogP contribution in [0.25, 0.3) is 0 Å². The molecule has 2 unspecified atom stereocenters. The van der Waals surface area contributed by atoms with Crippen LogP contribution in [0.5, 0.6) is 0 Å². The fourth-order valence-electron chi connectivity index (χ4n) is 1.08. The van der Waals surface area contributed by atoms with Gasteiger partial charge in [-0.15, -0.1) is 0 Å². The van der Waals surface area contributed by atoms with Gasteiger partial charge >= 0.3 is 0 Å². The van der Waals surface area contributed by atoms with Gasteiger partial charge in [-0.3, -0.25) is 0 Å². The molecule has 2 nitrogen and oxygen atoms in total. The second-order valence-electron chi connectivity index (χ2n) is 2.39. The van der Waals surface area contributed by atoms with Crippen molar-refractivity contribution >= 4 is 0 Å². The minimum Gasteiger partial charge on any atom is -0.384 e. The first-order valence-corrected chi connectivity index (χ1v) is 3.18. The van der Waals surface area contributed by atoms with Gasteiger partial charge in [-0.1, -0.05) is 0 Å². The van der Waals surface area contributed by atoms with Gasteiger partial charge < -0.3 is 10.1 Å². The number of methoxy groups -OCH3 is 1. The van der Waals surface area contributed by atoms with Crippen LogP contribution in [0.15, 0.2) is 0 Å². The molecule has 3 heteroatoms. The maximum Gasteiger partial charge on any atom is 0.119 e. The molecule has 0 aromatic rings. The Morgan fingerprint density at radius 3 is 2.89 bits per heavy atom. The normalized spacial score (nSPS) is 35.3. The molecule has 9 heavy (non-hydrogen) atoms. The van der Waals surface area contributed by atoms with Crippen molar-refractivity contribution in [3.05, 3.63) is 0 Å². The van der Waals surface area contributed by atoms with Crippen molar-refractivity contribution in [1.82, 2.24) is 5.32 Å². The van der Waals surface area contributed by atoms with Crippen molar-refractivity contribution in [3.63, 3.8) is 0 Å². The van der Waals surface area contributed by atoms with E-state index in [0.717, 1.165) is 6.54 Å². The fraction of sp³-hybridized carbons (Fsp3) is 1.00. The van der Waals surface area contributed by atoms with E-state index in [1.165, 1.54) is 0 Å². The van der Waals surface area contributed by atoms with Gasteiger partial charge in [0, 0.05) is 26.1 Å². The molecule has 0 spiro atoms. The first-order valence-electron chi connectivity index (χ1n) is 3.18. The highest BCUT2D eigenvalue weighted by atomic mass is 19.1. The van der Waals surface area contributed by atoms with Crippen LogP contribution in [-0.2, 0) is 4.74 Å². The highest BCUT2D eigenvalue weighted by Gasteiger charge is 2.25. The molecule has 0 radical (unpaired) electrons. The van der Waals surface area contributed by atoms with Crippen LogP contribution in [0.3, 0.4) is 0 Å². The zero-order valence-corrected chi connectivity index (χ0v) is 5.56. The predicted molar refractivity (Wildman–Crippen MR) is 33.1 cm³/mol. The Morgan fingerprint density at radius 1 is 1.67 bits per heavy atom. The Kier molecular flexibility index (Phi) is 2.42. The first kappa shape index (κ1) is 6.96. The van der Waals surface area contributed by atoms with Crippen molar-refractivity contribution in [3.8, 4) is 0 Å². The van der Waals surface area contributed by atoms with Crippen molar-refractivity contribution in [2.24, 2.45) is 5.92 Å². The van der Waals surface area contributed by atoms with Crippen molar-refractivity contribution in [1.29, 1.82) is 0 Å². The lowest BCUT2D eigenvalue weighted by molar-refractivity contribution is 0.124. The van der Waals surface area contributed by atoms with E-state index < -0.39 is 6.17 Å². The van der Waals surface area contributed by atoms with Crippen LogP contribution < -0.4 is 5.32 Å². The SMILES string of the molecule is COCC1CNCC1F. The van der Waals surface area contributed by atoms with Crippen LogP contribution in [0, 0.1) is 5.92 Å². The molecule has 1 N–H and O–H groups in total. The van der Waals surface area contributed by atoms with E-state index in [2.05, 4.69) is 5.32 Å². The van der Waals surface area contributed by atoms with E-state index >= 15 is 0 Å². The van der Waals surface area contributed by atoms with E-state index in [1.807, 2.05) is 0 Å². The largest absolute Gasteiger partial charge is 0.384 e. The van der Waals surface area contributed by atoms with Gasteiger partial charge in [0.05, 0.1) is 6.61 Å². The molecule has 1 heterocycles. The molecule has 1 rings (SSSR count). The summed E-state index contributed by atoms with van der Waals surface area (Å²) in [6.07, 6.45) is -0.704. The van der Waals surface area contributed by atoms with Gasteiger partial charge in [-0.05, 0) is 0 Å². The third kappa shape index (κ3) is 1.63. The molecular weight excluding hydrogens is 121 g/mol. The number of alkyl halides is 1. The van der Waals surface area contributed by atoms with Gasteiger partial charge in [0.2, 0.25) is 0 Å². The maximum atomic E-state index is 12.6. The number of halogens is 1. The number of hydrogen-bond acceptors (Lipinski definition) is 2. The van der Waals surface area contributed by atoms with Crippen molar-refractivity contribution in [2.45, 2.75) is 6.17 Å². The van der Waals surface area contributed by atoms with Crippen molar-refractivity contribution in [2.75, 3.05) is 26.8 Å². The number of ether oxygens (including phenoxy) is 1. The zero-order chi connectivity index (χ0) is 6.69. The molecule has 1 saturated heterocycles. The molecular formula is C6H12FNO. The summed E-state index contributed by atoms with van der Waals surface area (Å²) in [7, 11) is 1.60. The monoisotopic (exact) mass is 133 g/mol. The Hall–Kier alpha value is -0.150. The fourth-order valence-corrected chi connectivity index (χ4v) is 1.08. The molecule has 0 saturated carbocycles. The summed E-state index contributed by atoms with van der Waals surface area (Å²) in [6.45, 7) is 1.79. The van der Waals surface area contributed by atoms with Crippen LogP contribution in [-0.4, -0.2) is 33.0 Å². The molecule has 54 valence electrons. The lowest BCUT2D eigenvalue weighted by Crippen LogP contribution is -2.18. The van der Waals surface area contributed by atoms with Gasteiger partial charge in [0.15, 0.2) is 0 Å². The van der Waals surface area contributed by atoms with E-state index in [-0.39, 0.29) is 5.92 Å². The number of hydrogen-bond donors (Lipinski definition) is 1. The van der Waals surface area contributed by atoms with E-state index in [0.29, 0.717) is 13.2 Å². The van der Waals surface area contributed by atoms with Gasteiger partial charge in [0.1, 0.15) is 6.17 Å². The summed E-state index contributed by atoms with van der Waals surface area (Å²) < 4.78 is 17.4. The highest BCUT2D eigenvalue weighted by Crippen LogP contribution is 2.11. The molecule has 0 amide bonds. The Balaban J connectivity index is 2.22. The summed E-state index contributed by atoms with van der Waals surface area (Å²) in [4.78, 5) is 0. The molecule has 0 aromatic heterocycles. The van der Waals surface area contributed by atoms with E-state index in [1.54, 1.807) is 7.11 Å². The van der Waals surface area contributed by atoms with Crippen LogP contribution >= 0.6 is 0 Å². The van der Waals surface area contributed by atoms with Gasteiger partial charge in [-0.25, -0.2) is 4.39 Å². The lowest BCUT2D eigenvalue weighted by Gasteiger charge is -2.08. The van der Waals surface area contributed by atoms with Crippen LogP contribution in [0.2, 0.25) is 0 Å². The Bertz CT molecular complexity index is 89.1. The summed E-state index contributed by atoms with van der Waals surface area (Å²) in [5, 5.41) is 2.95. The minimum atomic E-state index is -0.704. The second-order valence-corrected chi connectivity index (χ2v) is 2.39. The molecule has 0 bridgehead atoms. The highest BCUT2D eigenvalue weighted by molar-refractivity contribution is 4.80. The van der Waals surface area contributed by atoms with E-state index in [4.69, 9.17) is 4.74 Å². The zero-order valence-electron chi connectivity index (χ0n) is 5.56. The van der Waals surface area contributed by atoms with Crippen molar-refractivity contribution < 1.29 is 9.13 Å². The summed E-state index contributed by atoms with van der Waals surface area (Å²) in [5.41, 5.74) is 0. The molecule has 0 aromatic carbocycles. The molecule has 1 aliphatic rings. The predicted octanol–water partition coefficient (Wildman–Crippen LogP) is 0.190. The molecule has 1 fully saturated rings. The van der Waals surface area contributed by atoms with Crippen LogP contribution in [0.4, 0.5) is 4.39 Å². The third-order valence-corrected chi connectivity index (χ3v) is 1.64. The number of rotatable bonds is 2. The average Bonchev–Trinajstić information content (AvgIpc) is 2.18. The second kappa shape index (κ2) is 3.13. The summed E-state index contributed by atoms with van der Waals surface area (Å²) >= 11 is 0. The number of nitrogens with one attached hydrogen (secondary N) is 1. The smallest absolute Gasteiger partial charge is 0.119 e. The topological polar surface area (TPSA) is 21.3 Å². The van der Waals surface area contributed by atoms with Gasteiger partial charge in [-0.2, -0.15) is 0 Å². The van der Waals surface area contributed by atoms with Gasteiger partial charge in [0.25, 0.3) is 0 Å². The Labute approximate surface area is 54.4 Å². The molecule has 2 atom stereocenters. The van der Waals surface area contributed by atoms with E-state index in [9.17, 15) is 4.39 Å². The quantitative estimate of drug-likeness (QED) is 0.580. The van der Waals surface area contributed by atoms with Crippen LogP contribution in [0.1, 0.15) is 0 Å². The Morgan fingerprint density at radius 2 is 2.44 bits per heavy atom.